The summed E-state index contributed by atoms with van der Waals surface area (Å²) < 4.78 is 5.00. The molecule has 1 unspecified atom stereocenters. The number of rotatable bonds is 4. The number of nitrogen functional groups attached to an aromatic ring is 1. The number of esters is 1. The Morgan fingerprint density at radius 3 is 2.82 bits per heavy atom. The van der Waals surface area contributed by atoms with Crippen molar-refractivity contribution in [3.63, 3.8) is 0 Å². The van der Waals surface area contributed by atoms with Crippen LogP contribution in [-0.2, 0) is 4.74 Å². The molecular formula is C12H18N2O3. The van der Waals surface area contributed by atoms with Crippen molar-refractivity contribution in [3.05, 3.63) is 23.5 Å². The second kappa shape index (κ2) is 5.63. The molecule has 0 amide bonds. The number of carbonyl (C=O) groups excluding carboxylic acids is 1. The van der Waals surface area contributed by atoms with Gasteiger partial charge in [-0.25, -0.2) is 4.79 Å². The highest BCUT2D eigenvalue weighted by Gasteiger charge is 2.16. The number of nitrogens with two attached hydrogens (primary N) is 1. The first kappa shape index (κ1) is 13.4. The lowest BCUT2D eigenvalue weighted by atomic mass is 10.1. The Kier molecular flexibility index (Phi) is 4.45. The largest absolute Gasteiger partial charge is 0.459 e. The molecule has 5 nitrogen and oxygen atoms in total. The van der Waals surface area contributed by atoms with Crippen LogP contribution in [-0.4, -0.2) is 28.8 Å². The minimum absolute atomic E-state index is 0.0231. The maximum atomic E-state index is 11.7. The number of pyridine rings is 1. The third kappa shape index (κ3) is 3.71. The van der Waals surface area contributed by atoms with E-state index in [1.807, 2.05) is 13.8 Å². The van der Waals surface area contributed by atoms with Crippen molar-refractivity contribution >= 4 is 11.7 Å². The Morgan fingerprint density at radius 1 is 1.59 bits per heavy atom. The van der Waals surface area contributed by atoms with E-state index < -0.39 is 12.1 Å². The Hall–Kier alpha value is -1.62. The number of carbonyl (C=O) groups is 1. The van der Waals surface area contributed by atoms with Crippen molar-refractivity contribution < 1.29 is 14.6 Å². The molecule has 0 saturated heterocycles. The van der Waals surface area contributed by atoms with Gasteiger partial charge in [0, 0.05) is 0 Å². The smallest absolute Gasteiger partial charge is 0.340 e. The number of ether oxygens (including phenoxy) is 1. The van der Waals surface area contributed by atoms with Gasteiger partial charge in [-0.3, -0.25) is 4.98 Å². The number of anilines is 1. The van der Waals surface area contributed by atoms with E-state index in [-0.39, 0.29) is 12.5 Å². The predicted molar refractivity (Wildman–Crippen MR) is 64.5 cm³/mol. The Labute approximate surface area is 101 Å². The molecule has 1 aromatic heterocycles. The zero-order valence-electron chi connectivity index (χ0n) is 10.3. The summed E-state index contributed by atoms with van der Waals surface area (Å²) in [5.74, 6) is -0.468. The fourth-order valence-corrected chi connectivity index (χ4v) is 1.19. The normalized spacial score (nSPS) is 12.5. The Bertz CT molecular complexity index is 405. The first-order valence-electron chi connectivity index (χ1n) is 5.49. The first-order valence-corrected chi connectivity index (χ1v) is 5.49. The van der Waals surface area contributed by atoms with Crippen molar-refractivity contribution in [1.29, 1.82) is 0 Å². The zero-order chi connectivity index (χ0) is 13.0. The summed E-state index contributed by atoms with van der Waals surface area (Å²) in [7, 11) is 0. The topological polar surface area (TPSA) is 85.4 Å². The van der Waals surface area contributed by atoms with E-state index in [1.54, 1.807) is 6.92 Å². The minimum Gasteiger partial charge on any atom is -0.459 e. The molecule has 0 fully saturated rings. The van der Waals surface area contributed by atoms with Gasteiger partial charge in [-0.05, 0) is 18.9 Å². The summed E-state index contributed by atoms with van der Waals surface area (Å²) in [6.07, 6.45) is 0.822. The van der Waals surface area contributed by atoms with Crippen LogP contribution in [0, 0.1) is 12.8 Å². The Balaban J connectivity index is 2.67. The molecule has 5 heteroatoms. The lowest BCUT2D eigenvalue weighted by molar-refractivity contribution is 0.0136. The summed E-state index contributed by atoms with van der Waals surface area (Å²) in [4.78, 5) is 15.7. The van der Waals surface area contributed by atoms with E-state index >= 15 is 0 Å². The quantitative estimate of drug-likeness (QED) is 0.768. The average molecular weight is 238 g/mol. The van der Waals surface area contributed by atoms with Gasteiger partial charge in [0.2, 0.25) is 0 Å². The SMILES string of the molecule is Cc1ncc(N)cc1C(=O)OCC(O)C(C)C. The van der Waals surface area contributed by atoms with Crippen molar-refractivity contribution in [2.45, 2.75) is 26.9 Å². The molecule has 1 heterocycles. The molecule has 0 spiro atoms. The third-order valence-electron chi connectivity index (χ3n) is 2.48. The highest BCUT2D eigenvalue weighted by Crippen LogP contribution is 2.11. The molecule has 3 N–H and O–H groups in total. The molecule has 1 aromatic rings. The van der Waals surface area contributed by atoms with E-state index in [9.17, 15) is 9.90 Å². The second-order valence-corrected chi connectivity index (χ2v) is 4.31. The van der Waals surface area contributed by atoms with Crippen LogP contribution in [0.2, 0.25) is 0 Å². The minimum atomic E-state index is -0.659. The molecule has 17 heavy (non-hydrogen) atoms. The first-order chi connectivity index (χ1) is 7.91. The van der Waals surface area contributed by atoms with Crippen molar-refractivity contribution in [2.75, 3.05) is 12.3 Å². The number of aliphatic hydroxyl groups excluding tert-OH is 1. The van der Waals surface area contributed by atoms with Gasteiger partial charge >= 0.3 is 5.97 Å². The van der Waals surface area contributed by atoms with Crippen LogP contribution in [0.4, 0.5) is 5.69 Å². The number of nitrogens with zero attached hydrogens (tertiary/aromatic N) is 1. The number of aryl methyl sites for hydroxylation is 1. The van der Waals surface area contributed by atoms with E-state index in [0.717, 1.165) is 0 Å². The fourth-order valence-electron chi connectivity index (χ4n) is 1.19. The van der Waals surface area contributed by atoms with Crippen LogP contribution >= 0.6 is 0 Å². The monoisotopic (exact) mass is 238 g/mol. The zero-order valence-corrected chi connectivity index (χ0v) is 10.3. The van der Waals surface area contributed by atoms with Crippen LogP contribution in [0.5, 0.6) is 0 Å². The van der Waals surface area contributed by atoms with Gasteiger partial charge in [0.05, 0.1) is 29.2 Å². The van der Waals surface area contributed by atoms with Gasteiger partial charge in [-0.1, -0.05) is 13.8 Å². The van der Waals surface area contributed by atoms with Gasteiger partial charge in [-0.2, -0.15) is 0 Å². The predicted octanol–water partition coefficient (Wildman–Crippen LogP) is 1.15. The highest BCUT2D eigenvalue weighted by molar-refractivity contribution is 5.91. The van der Waals surface area contributed by atoms with Crippen molar-refractivity contribution in [1.82, 2.24) is 4.98 Å². The summed E-state index contributed by atoms with van der Waals surface area (Å²) in [5.41, 5.74) is 6.85. The van der Waals surface area contributed by atoms with E-state index in [2.05, 4.69) is 4.98 Å². The van der Waals surface area contributed by atoms with Crippen LogP contribution in [0.1, 0.15) is 29.9 Å². The number of aliphatic hydroxyl groups is 1. The lowest BCUT2D eigenvalue weighted by Gasteiger charge is -2.14. The maximum Gasteiger partial charge on any atom is 0.340 e. The molecule has 0 radical (unpaired) electrons. The van der Waals surface area contributed by atoms with Gasteiger partial charge in [0.15, 0.2) is 0 Å². The van der Waals surface area contributed by atoms with Crippen molar-refractivity contribution in [2.24, 2.45) is 5.92 Å². The average Bonchev–Trinajstić information content (AvgIpc) is 2.28. The van der Waals surface area contributed by atoms with E-state index in [1.165, 1.54) is 12.3 Å². The molecule has 0 aliphatic carbocycles. The third-order valence-corrected chi connectivity index (χ3v) is 2.48. The molecular weight excluding hydrogens is 220 g/mol. The molecule has 0 bridgehead atoms. The molecule has 0 aliphatic rings. The maximum absolute atomic E-state index is 11.7. The highest BCUT2D eigenvalue weighted by atomic mass is 16.5. The van der Waals surface area contributed by atoms with Crippen LogP contribution in [0.25, 0.3) is 0 Å². The molecule has 94 valence electrons. The van der Waals surface area contributed by atoms with E-state index in [0.29, 0.717) is 16.9 Å². The standard InChI is InChI=1S/C12H18N2O3/c1-7(2)11(15)6-17-12(16)10-4-9(13)5-14-8(10)3/h4-5,7,11,15H,6,13H2,1-3H3. The van der Waals surface area contributed by atoms with Gasteiger partial charge < -0.3 is 15.6 Å². The fraction of sp³-hybridized carbons (Fsp3) is 0.500. The summed E-state index contributed by atoms with van der Waals surface area (Å²) in [6.45, 7) is 5.39. The van der Waals surface area contributed by atoms with Gasteiger partial charge in [-0.15, -0.1) is 0 Å². The van der Waals surface area contributed by atoms with Gasteiger partial charge in [0.1, 0.15) is 6.61 Å². The summed E-state index contributed by atoms with van der Waals surface area (Å²) >= 11 is 0. The molecule has 0 aromatic carbocycles. The number of aromatic nitrogens is 1. The summed E-state index contributed by atoms with van der Waals surface area (Å²) in [5, 5.41) is 9.53. The van der Waals surface area contributed by atoms with E-state index in [4.69, 9.17) is 10.5 Å². The molecule has 1 rings (SSSR count). The Morgan fingerprint density at radius 2 is 2.24 bits per heavy atom. The number of hydrogen-bond donors (Lipinski definition) is 2. The molecule has 0 aliphatic heterocycles. The molecule has 0 saturated carbocycles. The molecule has 1 atom stereocenters. The second-order valence-electron chi connectivity index (χ2n) is 4.31. The summed E-state index contributed by atoms with van der Waals surface area (Å²) in [6, 6.07) is 1.52. The lowest BCUT2D eigenvalue weighted by Crippen LogP contribution is -2.24. The number of hydrogen-bond acceptors (Lipinski definition) is 5. The van der Waals surface area contributed by atoms with Crippen molar-refractivity contribution in [3.8, 4) is 0 Å². The van der Waals surface area contributed by atoms with Crippen LogP contribution in [0.15, 0.2) is 12.3 Å². The van der Waals surface area contributed by atoms with Crippen LogP contribution in [0.3, 0.4) is 0 Å². The van der Waals surface area contributed by atoms with Crippen LogP contribution < -0.4 is 5.73 Å². The van der Waals surface area contributed by atoms with Gasteiger partial charge in [0.25, 0.3) is 0 Å².